The van der Waals surface area contributed by atoms with Crippen LogP contribution in [0.2, 0.25) is 0 Å². The molecule has 0 atom stereocenters. The SMILES string of the molecule is NCc1cnc(N2CCN(CCOCCOCCOCCOCCC(=O)CCCCCn3nc(-c4ccc5oc(N)nc5c4)c4c(N)ncnc43)CC2)nc1. The number of nitrogens with two attached hydrogens (primary N) is 3. The second-order valence-electron chi connectivity index (χ2n) is 13.2. The Balaban J connectivity index is 0.736. The average molecular weight is 761 g/mol. The van der Waals surface area contributed by atoms with Crippen LogP contribution in [0, 0.1) is 0 Å². The van der Waals surface area contributed by atoms with Gasteiger partial charge < -0.3 is 45.5 Å². The zero-order valence-electron chi connectivity index (χ0n) is 31.3. The number of piperazine rings is 1. The van der Waals surface area contributed by atoms with Crippen molar-refractivity contribution in [2.45, 2.75) is 45.2 Å². The van der Waals surface area contributed by atoms with Gasteiger partial charge in [-0.05, 0) is 31.0 Å². The van der Waals surface area contributed by atoms with Crippen LogP contribution in [0.1, 0.15) is 37.7 Å². The number of unbranched alkanes of at least 4 members (excludes halogenated alkanes) is 2. The molecule has 1 aliphatic rings. The van der Waals surface area contributed by atoms with Gasteiger partial charge >= 0.3 is 0 Å². The third-order valence-corrected chi connectivity index (χ3v) is 9.34. The lowest BCUT2D eigenvalue weighted by Gasteiger charge is -2.34. The number of aryl methyl sites for hydroxylation is 1. The highest BCUT2D eigenvalue weighted by atomic mass is 16.6. The summed E-state index contributed by atoms with van der Waals surface area (Å²) in [7, 11) is 0. The molecule has 0 aliphatic carbocycles. The van der Waals surface area contributed by atoms with E-state index < -0.39 is 0 Å². The largest absolute Gasteiger partial charge is 0.424 e. The first-order valence-corrected chi connectivity index (χ1v) is 18.9. The second-order valence-corrected chi connectivity index (χ2v) is 13.2. The molecule has 18 nitrogen and oxygen atoms in total. The predicted octanol–water partition coefficient (Wildman–Crippen LogP) is 2.46. The lowest BCUT2D eigenvalue weighted by molar-refractivity contribution is -0.120. The Morgan fingerprint density at radius 1 is 0.782 bits per heavy atom. The van der Waals surface area contributed by atoms with E-state index in [-0.39, 0.29) is 11.8 Å². The maximum absolute atomic E-state index is 12.4. The van der Waals surface area contributed by atoms with Gasteiger partial charge in [-0.1, -0.05) is 6.42 Å². The number of Topliss-reactive ketones (excluding diaryl/α,β-unsaturated/α-hetero) is 1. The lowest BCUT2D eigenvalue weighted by Crippen LogP contribution is -2.47. The highest BCUT2D eigenvalue weighted by Gasteiger charge is 2.20. The van der Waals surface area contributed by atoms with E-state index in [1.54, 1.807) is 18.5 Å². The molecule has 296 valence electrons. The maximum atomic E-state index is 12.4. The van der Waals surface area contributed by atoms with Crippen molar-refractivity contribution in [1.29, 1.82) is 0 Å². The summed E-state index contributed by atoms with van der Waals surface area (Å²) in [6.45, 7) is 9.64. The Labute approximate surface area is 319 Å². The summed E-state index contributed by atoms with van der Waals surface area (Å²) in [6.07, 6.45) is 8.43. The van der Waals surface area contributed by atoms with Gasteiger partial charge in [0, 0.05) is 82.2 Å². The minimum absolute atomic E-state index is 0.105. The number of nitrogen functional groups attached to an aromatic ring is 2. The van der Waals surface area contributed by atoms with E-state index in [9.17, 15) is 4.79 Å². The number of rotatable bonds is 24. The number of aromatic nitrogens is 7. The van der Waals surface area contributed by atoms with Crippen LogP contribution in [-0.4, -0.2) is 131 Å². The van der Waals surface area contributed by atoms with Crippen molar-refractivity contribution in [2.24, 2.45) is 5.73 Å². The zero-order chi connectivity index (χ0) is 38.2. The molecule has 0 bridgehead atoms. The summed E-state index contributed by atoms with van der Waals surface area (Å²) in [4.78, 5) is 38.7. The Kier molecular flexibility index (Phi) is 15.0. The van der Waals surface area contributed by atoms with Crippen LogP contribution in [0.4, 0.5) is 17.8 Å². The third kappa shape index (κ3) is 11.6. The average Bonchev–Trinajstić information content (AvgIpc) is 3.78. The Hall–Kier alpha value is -4.85. The van der Waals surface area contributed by atoms with E-state index in [0.717, 1.165) is 69.1 Å². The van der Waals surface area contributed by atoms with E-state index in [2.05, 4.69) is 34.7 Å². The number of benzene rings is 1. The van der Waals surface area contributed by atoms with E-state index in [0.29, 0.717) is 112 Å². The highest BCUT2D eigenvalue weighted by Crippen LogP contribution is 2.32. The number of nitrogens with zero attached hydrogens (tertiary/aromatic N) is 9. The van der Waals surface area contributed by atoms with Crippen molar-refractivity contribution in [2.75, 3.05) is 102 Å². The molecule has 6 N–H and O–H groups in total. The number of anilines is 3. The Morgan fingerprint density at radius 2 is 1.49 bits per heavy atom. The summed E-state index contributed by atoms with van der Waals surface area (Å²) >= 11 is 0. The van der Waals surface area contributed by atoms with E-state index in [1.165, 1.54) is 6.33 Å². The molecule has 6 rings (SSSR count). The molecule has 5 heterocycles. The van der Waals surface area contributed by atoms with Crippen molar-refractivity contribution in [3.05, 3.63) is 42.5 Å². The number of ketones is 1. The van der Waals surface area contributed by atoms with Gasteiger partial charge in [-0.25, -0.2) is 24.6 Å². The van der Waals surface area contributed by atoms with E-state index in [4.69, 9.17) is 45.7 Å². The highest BCUT2D eigenvalue weighted by molar-refractivity contribution is 5.99. The molecule has 5 aromatic rings. The molecule has 0 spiro atoms. The standard InChI is InChI=1S/C37H52N12O6/c38-23-27-24-41-37(42-25-27)48-11-9-47(10-12-48)13-15-52-17-19-54-21-20-53-18-16-51-14-7-29(50)4-2-1-3-8-49-35-32(34(39)43-26-44-35)33(46-49)28-5-6-31-30(22-28)45-36(40)55-31/h5-6,22,24-26H,1-4,7-21,23,38H2,(H2,40,45)(H2,39,43,44). The van der Waals surface area contributed by atoms with Gasteiger partial charge in [0.25, 0.3) is 6.01 Å². The molecule has 1 aliphatic heterocycles. The van der Waals surface area contributed by atoms with Crippen LogP contribution in [0.25, 0.3) is 33.4 Å². The van der Waals surface area contributed by atoms with Crippen molar-refractivity contribution < 1.29 is 28.2 Å². The number of carbonyl (C=O) groups excluding carboxylic acids is 1. The molecule has 0 amide bonds. The lowest BCUT2D eigenvalue weighted by atomic mass is 10.1. The second kappa shape index (κ2) is 20.7. The number of hydrogen-bond acceptors (Lipinski definition) is 17. The summed E-state index contributed by atoms with van der Waals surface area (Å²) in [5, 5.41) is 5.51. The molecular formula is C37H52N12O6. The fraction of sp³-hybridized carbons (Fsp3) is 0.541. The number of ether oxygens (including phenoxy) is 4. The first-order chi connectivity index (χ1) is 27.0. The summed E-state index contributed by atoms with van der Waals surface area (Å²) in [6, 6.07) is 5.65. The molecule has 1 saturated heterocycles. The van der Waals surface area contributed by atoms with Crippen molar-refractivity contribution >= 4 is 45.7 Å². The molecule has 1 aromatic carbocycles. The van der Waals surface area contributed by atoms with Crippen LogP contribution < -0.4 is 22.1 Å². The van der Waals surface area contributed by atoms with Crippen molar-refractivity contribution in [1.82, 2.24) is 39.6 Å². The van der Waals surface area contributed by atoms with Gasteiger partial charge in [0.1, 0.15) is 29.1 Å². The molecule has 1 fully saturated rings. The first kappa shape index (κ1) is 39.8. The van der Waals surface area contributed by atoms with Gasteiger partial charge in [0.2, 0.25) is 5.95 Å². The van der Waals surface area contributed by atoms with Crippen LogP contribution >= 0.6 is 0 Å². The topological polar surface area (TPSA) is 234 Å². The summed E-state index contributed by atoms with van der Waals surface area (Å²) in [5.74, 6) is 1.31. The van der Waals surface area contributed by atoms with Gasteiger partial charge in [-0.15, -0.1) is 0 Å². The van der Waals surface area contributed by atoms with Gasteiger partial charge in [-0.3, -0.25) is 9.69 Å². The summed E-state index contributed by atoms with van der Waals surface area (Å²) < 4.78 is 29.7. The van der Waals surface area contributed by atoms with E-state index >= 15 is 0 Å². The fourth-order valence-electron chi connectivity index (χ4n) is 6.30. The first-order valence-electron chi connectivity index (χ1n) is 18.9. The predicted molar refractivity (Wildman–Crippen MR) is 207 cm³/mol. The maximum Gasteiger partial charge on any atom is 0.292 e. The number of carbonyl (C=O) groups is 1. The van der Waals surface area contributed by atoms with E-state index in [1.807, 2.05) is 16.8 Å². The van der Waals surface area contributed by atoms with Crippen molar-refractivity contribution in [3.63, 3.8) is 0 Å². The third-order valence-electron chi connectivity index (χ3n) is 9.34. The van der Waals surface area contributed by atoms with Crippen LogP contribution in [-0.2, 0) is 36.8 Å². The van der Waals surface area contributed by atoms with Crippen LogP contribution in [0.15, 0.2) is 41.3 Å². The Bertz CT molecular complexity index is 1930. The van der Waals surface area contributed by atoms with Crippen LogP contribution in [0.5, 0.6) is 0 Å². The minimum atomic E-state index is 0.105. The minimum Gasteiger partial charge on any atom is -0.424 e. The zero-order valence-corrected chi connectivity index (χ0v) is 31.3. The Morgan fingerprint density at radius 3 is 2.22 bits per heavy atom. The van der Waals surface area contributed by atoms with Gasteiger partial charge in [0.05, 0.1) is 58.2 Å². The van der Waals surface area contributed by atoms with Crippen LogP contribution in [0.3, 0.4) is 0 Å². The quantitative estimate of drug-likeness (QED) is 0.0766. The molecule has 55 heavy (non-hydrogen) atoms. The summed E-state index contributed by atoms with van der Waals surface area (Å²) in [5.41, 5.74) is 21.9. The van der Waals surface area contributed by atoms with Gasteiger partial charge in [-0.2, -0.15) is 10.1 Å². The molecule has 0 unspecified atom stereocenters. The monoisotopic (exact) mass is 760 g/mol. The molecule has 0 radical (unpaired) electrons. The number of hydrogen-bond donors (Lipinski definition) is 3. The van der Waals surface area contributed by atoms with Gasteiger partial charge in [0.15, 0.2) is 11.2 Å². The number of oxazole rings is 1. The number of fused-ring (bicyclic) bond motifs is 2. The molecule has 4 aromatic heterocycles. The molecular weight excluding hydrogens is 708 g/mol. The normalized spacial score (nSPS) is 13.7. The fourth-order valence-corrected chi connectivity index (χ4v) is 6.30. The molecule has 0 saturated carbocycles. The van der Waals surface area contributed by atoms with Crippen molar-refractivity contribution in [3.8, 4) is 11.3 Å². The smallest absolute Gasteiger partial charge is 0.292 e. The molecule has 18 heteroatoms.